The van der Waals surface area contributed by atoms with E-state index in [9.17, 15) is 0 Å². The first kappa shape index (κ1) is 15.4. The minimum atomic E-state index is 0.631. The average molecular weight is 290 g/mol. The van der Waals surface area contributed by atoms with E-state index in [-0.39, 0.29) is 0 Å². The fourth-order valence-electron chi connectivity index (χ4n) is 4.50. The Morgan fingerprint density at radius 3 is 1.76 bits per heavy atom. The van der Waals surface area contributed by atoms with Crippen LogP contribution in [0.4, 0.5) is 0 Å². The molecule has 3 rings (SSSR count). The van der Waals surface area contributed by atoms with Crippen LogP contribution in [0.1, 0.15) is 96.3 Å². The van der Waals surface area contributed by atoms with E-state index in [0.717, 1.165) is 12.0 Å². The van der Waals surface area contributed by atoms with E-state index in [4.69, 9.17) is 4.99 Å². The van der Waals surface area contributed by atoms with Crippen molar-refractivity contribution < 1.29 is 0 Å². The summed E-state index contributed by atoms with van der Waals surface area (Å²) in [6.45, 7) is 0. The molecule has 0 amide bonds. The van der Waals surface area contributed by atoms with Crippen molar-refractivity contribution in [2.45, 2.75) is 108 Å². The van der Waals surface area contributed by atoms with E-state index in [0.29, 0.717) is 6.04 Å². The molecule has 0 atom stereocenters. The van der Waals surface area contributed by atoms with Crippen LogP contribution in [0.3, 0.4) is 0 Å². The van der Waals surface area contributed by atoms with E-state index in [2.05, 4.69) is 5.32 Å². The zero-order valence-electron chi connectivity index (χ0n) is 13.8. The molecule has 0 saturated heterocycles. The fourth-order valence-corrected chi connectivity index (χ4v) is 4.50. The van der Waals surface area contributed by atoms with Crippen LogP contribution in [0.2, 0.25) is 0 Å². The first-order valence-corrected chi connectivity index (χ1v) is 9.76. The molecular weight excluding hydrogens is 256 g/mol. The van der Waals surface area contributed by atoms with Crippen molar-refractivity contribution in [2.24, 2.45) is 10.9 Å². The lowest BCUT2D eigenvalue weighted by atomic mass is 9.86. The maximum atomic E-state index is 5.26. The summed E-state index contributed by atoms with van der Waals surface area (Å²) in [4.78, 5) is 5.26. The van der Waals surface area contributed by atoms with Crippen LogP contribution in [-0.4, -0.2) is 17.9 Å². The largest absolute Gasteiger partial charge is 0.371 e. The normalized spacial score (nSPS) is 27.7. The molecule has 0 radical (unpaired) electrons. The zero-order valence-corrected chi connectivity index (χ0v) is 13.8. The number of nitrogens with zero attached hydrogens (tertiary/aromatic N) is 1. The first-order valence-electron chi connectivity index (χ1n) is 9.76. The van der Waals surface area contributed by atoms with Crippen LogP contribution in [0.25, 0.3) is 0 Å². The second-order valence-electron chi connectivity index (χ2n) is 7.62. The van der Waals surface area contributed by atoms with Gasteiger partial charge in [0.25, 0.3) is 0 Å². The van der Waals surface area contributed by atoms with Crippen LogP contribution in [0, 0.1) is 5.92 Å². The molecule has 0 aromatic rings. The number of amidine groups is 1. The smallest absolute Gasteiger partial charge is 0.0999 e. The quantitative estimate of drug-likeness (QED) is 0.559. The van der Waals surface area contributed by atoms with Gasteiger partial charge in [-0.2, -0.15) is 0 Å². The standard InChI is InChI=1S/C19H34N2/c1-4-10-16(11-5-1)19(20-17-12-6-2-7-13-17)21-18-14-8-3-9-15-18/h16-18H,1-15H2,(H,20,21). The molecule has 1 N–H and O–H groups in total. The summed E-state index contributed by atoms with van der Waals surface area (Å²) in [6.07, 6.45) is 21.0. The molecule has 0 aromatic carbocycles. The summed E-state index contributed by atoms with van der Waals surface area (Å²) < 4.78 is 0. The Morgan fingerprint density at radius 2 is 1.14 bits per heavy atom. The summed E-state index contributed by atoms with van der Waals surface area (Å²) in [7, 11) is 0. The fraction of sp³-hybridized carbons (Fsp3) is 0.947. The lowest BCUT2D eigenvalue weighted by Gasteiger charge is -2.31. The van der Waals surface area contributed by atoms with Crippen molar-refractivity contribution in [1.82, 2.24) is 5.32 Å². The Bertz CT molecular complexity index is 318. The molecule has 0 aromatic heterocycles. The molecule has 3 fully saturated rings. The summed E-state index contributed by atoms with van der Waals surface area (Å²) in [5, 5.41) is 3.92. The average Bonchev–Trinajstić information content (AvgIpc) is 2.57. The molecular formula is C19H34N2. The van der Waals surface area contributed by atoms with Gasteiger partial charge >= 0.3 is 0 Å². The van der Waals surface area contributed by atoms with Crippen molar-refractivity contribution in [3.8, 4) is 0 Å². The third-order valence-electron chi connectivity index (χ3n) is 5.85. The molecule has 0 bridgehead atoms. The van der Waals surface area contributed by atoms with Gasteiger partial charge in [0.1, 0.15) is 0 Å². The predicted molar refractivity (Wildman–Crippen MR) is 90.9 cm³/mol. The molecule has 0 heterocycles. The Kier molecular flexibility index (Phi) is 6.00. The maximum absolute atomic E-state index is 5.26. The van der Waals surface area contributed by atoms with Crippen LogP contribution in [0.15, 0.2) is 4.99 Å². The first-order chi connectivity index (χ1) is 10.4. The molecule has 2 heteroatoms. The highest BCUT2D eigenvalue weighted by Crippen LogP contribution is 2.28. The van der Waals surface area contributed by atoms with Crippen LogP contribution >= 0.6 is 0 Å². The highest BCUT2D eigenvalue weighted by atomic mass is 15.0. The number of hydrogen-bond donors (Lipinski definition) is 1. The Hall–Kier alpha value is -0.530. The van der Waals surface area contributed by atoms with Gasteiger partial charge in [-0.3, -0.25) is 4.99 Å². The van der Waals surface area contributed by atoms with E-state index in [1.165, 1.54) is 102 Å². The topological polar surface area (TPSA) is 24.4 Å². The minimum absolute atomic E-state index is 0.631. The van der Waals surface area contributed by atoms with Gasteiger partial charge in [-0.25, -0.2) is 0 Å². The molecule has 21 heavy (non-hydrogen) atoms. The number of nitrogens with one attached hydrogen (secondary N) is 1. The minimum Gasteiger partial charge on any atom is -0.371 e. The van der Waals surface area contributed by atoms with Gasteiger partial charge in [0.05, 0.1) is 11.9 Å². The maximum Gasteiger partial charge on any atom is 0.0999 e. The zero-order chi connectivity index (χ0) is 14.3. The molecule has 0 unspecified atom stereocenters. The predicted octanol–water partition coefficient (Wildman–Crippen LogP) is 5.22. The van der Waals surface area contributed by atoms with E-state index >= 15 is 0 Å². The van der Waals surface area contributed by atoms with Gasteiger partial charge in [-0.15, -0.1) is 0 Å². The molecule has 3 aliphatic rings. The third-order valence-corrected chi connectivity index (χ3v) is 5.85. The van der Waals surface area contributed by atoms with Gasteiger partial charge < -0.3 is 5.32 Å². The molecule has 3 saturated carbocycles. The van der Waals surface area contributed by atoms with Gasteiger partial charge in [0.15, 0.2) is 0 Å². The second kappa shape index (κ2) is 8.19. The van der Waals surface area contributed by atoms with Crippen molar-refractivity contribution in [3.05, 3.63) is 0 Å². The Balaban J connectivity index is 1.64. The molecule has 120 valence electrons. The monoisotopic (exact) mass is 290 g/mol. The van der Waals surface area contributed by atoms with Crippen molar-refractivity contribution in [2.75, 3.05) is 0 Å². The number of aliphatic imine (C=N–C) groups is 1. The summed E-state index contributed by atoms with van der Waals surface area (Å²) >= 11 is 0. The van der Waals surface area contributed by atoms with Crippen molar-refractivity contribution in [1.29, 1.82) is 0 Å². The molecule has 3 aliphatic carbocycles. The van der Waals surface area contributed by atoms with E-state index in [1.807, 2.05) is 0 Å². The third kappa shape index (κ3) is 4.72. The number of hydrogen-bond acceptors (Lipinski definition) is 1. The van der Waals surface area contributed by atoms with Gasteiger partial charge in [-0.1, -0.05) is 57.8 Å². The summed E-state index contributed by atoms with van der Waals surface area (Å²) in [6, 6.07) is 1.36. The highest BCUT2D eigenvalue weighted by molar-refractivity contribution is 5.85. The molecule has 2 nitrogen and oxygen atoms in total. The van der Waals surface area contributed by atoms with Crippen LogP contribution in [-0.2, 0) is 0 Å². The van der Waals surface area contributed by atoms with Crippen molar-refractivity contribution in [3.63, 3.8) is 0 Å². The molecule has 0 spiro atoms. The van der Waals surface area contributed by atoms with E-state index < -0.39 is 0 Å². The Labute approximate surface area is 131 Å². The summed E-state index contributed by atoms with van der Waals surface area (Å²) in [5.74, 6) is 2.18. The van der Waals surface area contributed by atoms with Crippen LogP contribution < -0.4 is 5.32 Å². The summed E-state index contributed by atoms with van der Waals surface area (Å²) in [5.41, 5.74) is 0. The van der Waals surface area contributed by atoms with Gasteiger partial charge in [-0.05, 0) is 38.5 Å². The SMILES string of the molecule is C1CCC(N=C(NC2CCCCC2)C2CCCCC2)CC1. The van der Waals surface area contributed by atoms with E-state index in [1.54, 1.807) is 0 Å². The Morgan fingerprint density at radius 1 is 0.619 bits per heavy atom. The lowest BCUT2D eigenvalue weighted by Crippen LogP contribution is -2.41. The number of rotatable bonds is 3. The second-order valence-corrected chi connectivity index (χ2v) is 7.62. The highest BCUT2D eigenvalue weighted by Gasteiger charge is 2.24. The van der Waals surface area contributed by atoms with Gasteiger partial charge in [0.2, 0.25) is 0 Å². The van der Waals surface area contributed by atoms with Crippen LogP contribution in [0.5, 0.6) is 0 Å². The van der Waals surface area contributed by atoms with Gasteiger partial charge in [0, 0.05) is 12.0 Å². The lowest BCUT2D eigenvalue weighted by molar-refractivity contribution is 0.381. The molecule has 0 aliphatic heterocycles. The van der Waals surface area contributed by atoms with Crippen molar-refractivity contribution >= 4 is 5.84 Å².